The molecule has 1 aliphatic heterocycles. The number of rotatable bonds is 3. The zero-order valence-corrected chi connectivity index (χ0v) is 11.4. The highest BCUT2D eigenvalue weighted by Gasteiger charge is 2.25. The third-order valence-electron chi connectivity index (χ3n) is 3.90. The lowest BCUT2D eigenvalue weighted by molar-refractivity contribution is 0.248. The second-order valence-electron chi connectivity index (χ2n) is 5.34. The topological polar surface area (TPSA) is 16.1 Å². The molecule has 19 heavy (non-hydrogen) atoms. The fourth-order valence-electron chi connectivity index (χ4n) is 2.99. The summed E-state index contributed by atoms with van der Waals surface area (Å²) in [6.07, 6.45) is 4.48. The predicted molar refractivity (Wildman–Crippen MR) is 77.8 cm³/mol. The highest BCUT2D eigenvalue weighted by molar-refractivity contribution is 5.22. The first kappa shape index (κ1) is 12.4. The van der Waals surface area contributed by atoms with Crippen molar-refractivity contribution in [2.75, 3.05) is 6.54 Å². The van der Waals surface area contributed by atoms with Crippen LogP contribution in [0.5, 0.6) is 0 Å². The van der Waals surface area contributed by atoms with Gasteiger partial charge in [0.15, 0.2) is 0 Å². The lowest BCUT2D eigenvalue weighted by Crippen LogP contribution is -2.22. The van der Waals surface area contributed by atoms with Crippen LogP contribution in [0.25, 0.3) is 0 Å². The van der Waals surface area contributed by atoms with Gasteiger partial charge in [0, 0.05) is 24.5 Å². The summed E-state index contributed by atoms with van der Waals surface area (Å²) in [6.45, 7) is 4.31. The summed E-state index contributed by atoms with van der Waals surface area (Å²) in [5, 5.41) is 0. The van der Waals surface area contributed by atoms with Crippen molar-refractivity contribution >= 4 is 0 Å². The van der Waals surface area contributed by atoms with Gasteiger partial charge in [-0.25, -0.2) is 0 Å². The van der Waals surface area contributed by atoms with Crippen molar-refractivity contribution in [3.63, 3.8) is 0 Å². The highest BCUT2D eigenvalue weighted by atomic mass is 15.2. The first-order chi connectivity index (χ1) is 9.33. The lowest BCUT2D eigenvalue weighted by Gasteiger charge is -2.25. The number of pyridine rings is 1. The van der Waals surface area contributed by atoms with Crippen LogP contribution in [0.15, 0.2) is 48.7 Å². The SMILES string of the molecule is Cc1cc(C2CCCN2Cc2ccccc2)ccn1. The minimum Gasteiger partial charge on any atom is -0.292 e. The van der Waals surface area contributed by atoms with Crippen LogP contribution >= 0.6 is 0 Å². The van der Waals surface area contributed by atoms with Crippen molar-refractivity contribution in [2.45, 2.75) is 32.4 Å². The molecule has 0 spiro atoms. The molecular formula is C17H20N2. The van der Waals surface area contributed by atoms with Crippen LogP contribution in [0.1, 0.15) is 35.7 Å². The van der Waals surface area contributed by atoms with Gasteiger partial charge in [-0.05, 0) is 49.6 Å². The average Bonchev–Trinajstić information content (AvgIpc) is 2.88. The Balaban J connectivity index is 1.78. The molecule has 2 heteroatoms. The number of nitrogens with zero attached hydrogens (tertiary/aromatic N) is 2. The molecule has 1 aliphatic rings. The van der Waals surface area contributed by atoms with E-state index in [1.807, 2.05) is 6.20 Å². The first-order valence-electron chi connectivity index (χ1n) is 7.03. The van der Waals surface area contributed by atoms with E-state index in [0.29, 0.717) is 6.04 Å². The van der Waals surface area contributed by atoms with Gasteiger partial charge in [-0.3, -0.25) is 9.88 Å². The van der Waals surface area contributed by atoms with E-state index in [2.05, 4.69) is 59.3 Å². The first-order valence-corrected chi connectivity index (χ1v) is 7.03. The molecule has 0 aliphatic carbocycles. The Morgan fingerprint density at radius 2 is 2.05 bits per heavy atom. The van der Waals surface area contributed by atoms with Gasteiger partial charge < -0.3 is 0 Å². The zero-order chi connectivity index (χ0) is 13.1. The van der Waals surface area contributed by atoms with Crippen LogP contribution in [0.4, 0.5) is 0 Å². The Hall–Kier alpha value is -1.67. The molecule has 1 fully saturated rings. The monoisotopic (exact) mass is 252 g/mol. The van der Waals surface area contributed by atoms with E-state index in [1.54, 1.807) is 0 Å². The summed E-state index contributed by atoms with van der Waals surface area (Å²) in [6, 6.07) is 15.7. The summed E-state index contributed by atoms with van der Waals surface area (Å²) < 4.78 is 0. The van der Waals surface area contributed by atoms with Crippen LogP contribution in [0.3, 0.4) is 0 Å². The second kappa shape index (κ2) is 5.54. The summed E-state index contributed by atoms with van der Waals surface area (Å²) >= 11 is 0. The van der Waals surface area contributed by atoms with Crippen LogP contribution < -0.4 is 0 Å². The standard InChI is InChI=1S/C17H20N2/c1-14-12-16(9-10-18-14)17-8-5-11-19(17)13-15-6-3-2-4-7-15/h2-4,6-7,9-10,12,17H,5,8,11,13H2,1H3. The molecule has 1 atom stereocenters. The zero-order valence-electron chi connectivity index (χ0n) is 11.4. The Kier molecular flexibility index (Phi) is 3.60. The third kappa shape index (κ3) is 2.85. The molecule has 0 saturated carbocycles. The summed E-state index contributed by atoms with van der Waals surface area (Å²) in [7, 11) is 0. The van der Waals surface area contributed by atoms with E-state index in [4.69, 9.17) is 0 Å². The quantitative estimate of drug-likeness (QED) is 0.827. The van der Waals surface area contributed by atoms with Gasteiger partial charge >= 0.3 is 0 Å². The Morgan fingerprint density at radius 3 is 2.84 bits per heavy atom. The molecule has 0 amide bonds. The number of aryl methyl sites for hydroxylation is 1. The van der Waals surface area contributed by atoms with E-state index in [-0.39, 0.29) is 0 Å². The molecule has 98 valence electrons. The van der Waals surface area contributed by atoms with E-state index in [9.17, 15) is 0 Å². The van der Waals surface area contributed by atoms with Gasteiger partial charge in [0.1, 0.15) is 0 Å². The Bertz CT molecular complexity index is 536. The molecule has 1 saturated heterocycles. The van der Waals surface area contributed by atoms with Gasteiger partial charge in [-0.15, -0.1) is 0 Å². The minimum absolute atomic E-state index is 0.557. The van der Waals surface area contributed by atoms with Crippen molar-refractivity contribution < 1.29 is 0 Å². The molecule has 0 N–H and O–H groups in total. The van der Waals surface area contributed by atoms with Crippen LogP contribution in [0.2, 0.25) is 0 Å². The van der Waals surface area contributed by atoms with Crippen LogP contribution in [-0.4, -0.2) is 16.4 Å². The molecular weight excluding hydrogens is 232 g/mol. The number of aromatic nitrogens is 1. The maximum absolute atomic E-state index is 4.30. The smallest absolute Gasteiger partial charge is 0.0375 e. The van der Waals surface area contributed by atoms with Crippen molar-refractivity contribution in [2.24, 2.45) is 0 Å². The number of benzene rings is 1. The van der Waals surface area contributed by atoms with Crippen molar-refractivity contribution in [1.29, 1.82) is 0 Å². The normalized spacial score (nSPS) is 19.7. The fraction of sp³-hybridized carbons (Fsp3) is 0.353. The molecule has 1 aromatic carbocycles. The van der Waals surface area contributed by atoms with Gasteiger partial charge in [-0.1, -0.05) is 30.3 Å². The van der Waals surface area contributed by atoms with Gasteiger partial charge in [0.05, 0.1) is 0 Å². The van der Waals surface area contributed by atoms with E-state index < -0.39 is 0 Å². The maximum Gasteiger partial charge on any atom is 0.0375 e. The molecule has 2 aromatic rings. The van der Waals surface area contributed by atoms with Gasteiger partial charge in [0.2, 0.25) is 0 Å². The number of hydrogen-bond donors (Lipinski definition) is 0. The van der Waals surface area contributed by atoms with E-state index >= 15 is 0 Å². The van der Waals surface area contributed by atoms with Crippen molar-refractivity contribution in [3.05, 3.63) is 65.5 Å². The minimum atomic E-state index is 0.557. The molecule has 0 radical (unpaired) electrons. The Morgan fingerprint density at radius 1 is 1.21 bits per heavy atom. The third-order valence-corrected chi connectivity index (χ3v) is 3.90. The molecule has 1 unspecified atom stereocenters. The highest BCUT2D eigenvalue weighted by Crippen LogP contribution is 2.33. The lowest BCUT2D eigenvalue weighted by atomic mass is 10.0. The largest absolute Gasteiger partial charge is 0.292 e. The average molecular weight is 252 g/mol. The van der Waals surface area contributed by atoms with Crippen LogP contribution in [0, 0.1) is 6.92 Å². The predicted octanol–water partition coefficient (Wildman–Crippen LogP) is 3.73. The molecule has 3 rings (SSSR count). The van der Waals surface area contributed by atoms with Crippen molar-refractivity contribution in [1.82, 2.24) is 9.88 Å². The fourth-order valence-corrected chi connectivity index (χ4v) is 2.99. The summed E-state index contributed by atoms with van der Waals surface area (Å²) in [4.78, 5) is 6.89. The maximum atomic E-state index is 4.30. The van der Waals surface area contributed by atoms with Crippen LogP contribution in [-0.2, 0) is 6.54 Å². The summed E-state index contributed by atoms with van der Waals surface area (Å²) in [5.41, 5.74) is 3.94. The second-order valence-corrected chi connectivity index (χ2v) is 5.34. The molecule has 1 aromatic heterocycles. The van der Waals surface area contributed by atoms with Crippen molar-refractivity contribution in [3.8, 4) is 0 Å². The van der Waals surface area contributed by atoms with Gasteiger partial charge in [-0.2, -0.15) is 0 Å². The summed E-state index contributed by atoms with van der Waals surface area (Å²) in [5.74, 6) is 0. The molecule has 2 heterocycles. The molecule has 0 bridgehead atoms. The van der Waals surface area contributed by atoms with Gasteiger partial charge in [0.25, 0.3) is 0 Å². The molecule has 2 nitrogen and oxygen atoms in total. The number of likely N-dealkylation sites (tertiary alicyclic amines) is 1. The van der Waals surface area contributed by atoms with E-state index in [1.165, 1.54) is 30.5 Å². The Labute approximate surface area is 115 Å². The van der Waals surface area contributed by atoms with E-state index in [0.717, 1.165) is 12.2 Å². The number of hydrogen-bond acceptors (Lipinski definition) is 2.